The maximum absolute atomic E-state index is 12.1. The van der Waals surface area contributed by atoms with Crippen molar-refractivity contribution in [3.05, 3.63) is 45.7 Å². The van der Waals surface area contributed by atoms with E-state index in [1.54, 1.807) is 35.1 Å². The number of benzene rings is 1. The maximum Gasteiger partial charge on any atom is 0.271 e. The van der Waals surface area contributed by atoms with Crippen LogP contribution in [0.25, 0.3) is 0 Å². The van der Waals surface area contributed by atoms with Gasteiger partial charge in [0.25, 0.3) is 5.91 Å². The monoisotopic (exact) mass is 428 g/mol. The molecule has 0 aliphatic carbocycles. The van der Waals surface area contributed by atoms with Crippen LogP contribution >= 0.6 is 27.5 Å². The Balaban J connectivity index is 1.83. The first-order valence-electron chi connectivity index (χ1n) is 8.15. The molecule has 0 bridgehead atoms. The first kappa shape index (κ1) is 19.8. The Kier molecular flexibility index (Phi) is 7.74. The van der Waals surface area contributed by atoms with Gasteiger partial charge in [-0.15, -0.1) is 0 Å². The summed E-state index contributed by atoms with van der Waals surface area (Å²) in [6.45, 7) is 7.77. The molecule has 6 nitrogen and oxygen atoms in total. The molecule has 0 atom stereocenters. The van der Waals surface area contributed by atoms with Crippen LogP contribution in [0.5, 0.6) is 5.75 Å². The zero-order valence-corrected chi connectivity index (χ0v) is 16.7. The van der Waals surface area contributed by atoms with E-state index in [9.17, 15) is 4.79 Å². The highest BCUT2D eigenvalue weighted by molar-refractivity contribution is 9.10. The van der Waals surface area contributed by atoms with Gasteiger partial charge in [0.15, 0.2) is 6.73 Å². The lowest BCUT2D eigenvalue weighted by Crippen LogP contribution is -2.35. The molecule has 1 N–H and O–H groups in total. The van der Waals surface area contributed by atoms with Crippen LogP contribution in [-0.2, 0) is 6.73 Å². The van der Waals surface area contributed by atoms with Crippen LogP contribution in [0.1, 0.15) is 24.3 Å². The van der Waals surface area contributed by atoms with E-state index in [0.717, 1.165) is 24.1 Å². The zero-order valence-electron chi connectivity index (χ0n) is 14.3. The molecule has 0 saturated carbocycles. The summed E-state index contributed by atoms with van der Waals surface area (Å²) in [7, 11) is 0. The van der Waals surface area contributed by atoms with Crippen molar-refractivity contribution >= 4 is 33.4 Å². The fraction of sp³-hybridized carbons (Fsp3) is 0.412. The summed E-state index contributed by atoms with van der Waals surface area (Å²) in [5.74, 6) is 0.476. The van der Waals surface area contributed by atoms with Crippen LogP contribution < -0.4 is 10.1 Å². The summed E-state index contributed by atoms with van der Waals surface area (Å²) in [5, 5.41) is 7.74. The molecule has 1 heterocycles. The lowest BCUT2D eigenvalue weighted by molar-refractivity contribution is 0.0942. The summed E-state index contributed by atoms with van der Waals surface area (Å²) >= 11 is 9.30. The molecule has 25 heavy (non-hydrogen) atoms. The van der Waals surface area contributed by atoms with Gasteiger partial charge in [-0.25, -0.2) is 4.68 Å². The van der Waals surface area contributed by atoms with Gasteiger partial charge in [0.1, 0.15) is 11.4 Å². The summed E-state index contributed by atoms with van der Waals surface area (Å²) < 4.78 is 8.00. The van der Waals surface area contributed by atoms with E-state index in [4.69, 9.17) is 16.3 Å². The largest absolute Gasteiger partial charge is 0.470 e. The highest BCUT2D eigenvalue weighted by atomic mass is 79.9. The third kappa shape index (κ3) is 6.02. The number of nitrogens with zero attached hydrogens (tertiary/aromatic N) is 3. The molecule has 0 saturated heterocycles. The third-order valence-electron chi connectivity index (χ3n) is 3.73. The number of likely N-dealkylation sites (N-methyl/N-ethyl adjacent to an activating group) is 1. The van der Waals surface area contributed by atoms with Gasteiger partial charge in [-0.05, 0) is 53.3 Å². The molecule has 2 rings (SSSR count). The second-order valence-electron chi connectivity index (χ2n) is 5.37. The molecule has 2 aromatic rings. The fourth-order valence-electron chi connectivity index (χ4n) is 2.24. The van der Waals surface area contributed by atoms with Gasteiger partial charge in [0, 0.05) is 24.3 Å². The molecule has 1 aromatic carbocycles. The van der Waals surface area contributed by atoms with Gasteiger partial charge >= 0.3 is 0 Å². The molecular weight excluding hydrogens is 408 g/mol. The number of rotatable bonds is 9. The normalized spacial score (nSPS) is 10.9. The minimum absolute atomic E-state index is 0.182. The number of aromatic nitrogens is 2. The van der Waals surface area contributed by atoms with Crippen LogP contribution in [0.3, 0.4) is 0 Å². The summed E-state index contributed by atoms with van der Waals surface area (Å²) in [4.78, 5) is 14.4. The van der Waals surface area contributed by atoms with Gasteiger partial charge in [0.2, 0.25) is 0 Å². The van der Waals surface area contributed by atoms with Crippen LogP contribution in [-0.4, -0.2) is 46.8 Å². The van der Waals surface area contributed by atoms with E-state index in [2.05, 4.69) is 45.1 Å². The number of nitrogens with one attached hydrogen (secondary N) is 1. The molecule has 0 fully saturated rings. The summed E-state index contributed by atoms with van der Waals surface area (Å²) in [6, 6.07) is 6.96. The Morgan fingerprint density at radius 3 is 2.80 bits per heavy atom. The predicted octanol–water partition coefficient (Wildman–Crippen LogP) is 3.41. The van der Waals surface area contributed by atoms with Crippen molar-refractivity contribution in [3.63, 3.8) is 0 Å². The topological polar surface area (TPSA) is 59.4 Å². The molecular formula is C17H22BrClN4O2. The highest BCUT2D eigenvalue weighted by Gasteiger charge is 2.10. The van der Waals surface area contributed by atoms with Gasteiger partial charge in [-0.3, -0.25) is 4.79 Å². The van der Waals surface area contributed by atoms with E-state index < -0.39 is 0 Å². The van der Waals surface area contributed by atoms with E-state index in [1.807, 2.05) is 0 Å². The maximum atomic E-state index is 12.1. The molecule has 0 radical (unpaired) electrons. The number of hydrogen-bond acceptors (Lipinski definition) is 4. The molecule has 0 unspecified atom stereocenters. The van der Waals surface area contributed by atoms with E-state index in [1.165, 1.54) is 0 Å². The van der Waals surface area contributed by atoms with Crippen molar-refractivity contribution in [2.75, 3.05) is 26.2 Å². The number of carbonyl (C=O) groups is 1. The Labute approximate surface area is 161 Å². The first-order chi connectivity index (χ1) is 12.0. The average Bonchev–Trinajstić information content (AvgIpc) is 3.07. The van der Waals surface area contributed by atoms with Gasteiger partial charge in [-0.2, -0.15) is 5.10 Å². The van der Waals surface area contributed by atoms with E-state index in [0.29, 0.717) is 23.0 Å². The van der Waals surface area contributed by atoms with Crippen molar-refractivity contribution < 1.29 is 9.53 Å². The lowest BCUT2D eigenvalue weighted by atomic mass is 10.3. The lowest BCUT2D eigenvalue weighted by Gasteiger charge is -2.17. The van der Waals surface area contributed by atoms with Crippen LogP contribution in [0, 0.1) is 0 Å². The van der Waals surface area contributed by atoms with Crippen molar-refractivity contribution in [2.45, 2.75) is 20.6 Å². The molecule has 1 aromatic heterocycles. The minimum Gasteiger partial charge on any atom is -0.470 e. The third-order valence-corrected chi connectivity index (χ3v) is 4.58. The Bertz CT molecular complexity index is 704. The number of amides is 1. The Morgan fingerprint density at radius 1 is 1.36 bits per heavy atom. The second kappa shape index (κ2) is 9.79. The van der Waals surface area contributed by atoms with Gasteiger partial charge in [-0.1, -0.05) is 25.4 Å². The summed E-state index contributed by atoms with van der Waals surface area (Å²) in [5.41, 5.74) is 0.373. The number of ether oxygens (including phenoxy) is 1. The quantitative estimate of drug-likeness (QED) is 0.664. The van der Waals surface area contributed by atoms with Crippen LogP contribution in [0.2, 0.25) is 5.02 Å². The first-order valence-corrected chi connectivity index (χ1v) is 9.32. The molecule has 0 spiro atoms. The summed E-state index contributed by atoms with van der Waals surface area (Å²) in [6.07, 6.45) is 1.71. The Hall–Kier alpha value is -1.57. The smallest absolute Gasteiger partial charge is 0.271 e. The SMILES string of the molecule is CCN(CC)CCNC(=O)c1ccn(COc2ccc(Cl)cc2Br)n1. The fourth-order valence-corrected chi connectivity index (χ4v) is 3.04. The highest BCUT2D eigenvalue weighted by Crippen LogP contribution is 2.28. The van der Waals surface area contributed by atoms with Gasteiger partial charge in [0.05, 0.1) is 4.47 Å². The van der Waals surface area contributed by atoms with Crippen molar-refractivity contribution in [3.8, 4) is 5.75 Å². The Morgan fingerprint density at radius 2 is 2.12 bits per heavy atom. The van der Waals surface area contributed by atoms with E-state index >= 15 is 0 Å². The van der Waals surface area contributed by atoms with Crippen LogP contribution in [0.15, 0.2) is 34.9 Å². The standard InChI is InChI=1S/C17H22BrClN4O2/c1-3-22(4-2)10-8-20-17(24)15-7-9-23(21-15)12-25-16-6-5-13(19)11-14(16)18/h5-7,9,11H,3-4,8,10,12H2,1-2H3,(H,20,24). The average molecular weight is 430 g/mol. The molecule has 8 heteroatoms. The van der Waals surface area contributed by atoms with Crippen molar-refractivity contribution in [1.82, 2.24) is 20.0 Å². The number of hydrogen-bond donors (Lipinski definition) is 1. The number of halogens is 2. The van der Waals surface area contributed by atoms with Crippen LogP contribution in [0.4, 0.5) is 0 Å². The van der Waals surface area contributed by atoms with E-state index in [-0.39, 0.29) is 12.6 Å². The van der Waals surface area contributed by atoms with Crippen molar-refractivity contribution in [1.29, 1.82) is 0 Å². The van der Waals surface area contributed by atoms with Crippen molar-refractivity contribution in [2.24, 2.45) is 0 Å². The molecule has 136 valence electrons. The second-order valence-corrected chi connectivity index (χ2v) is 6.66. The molecule has 1 amide bonds. The predicted molar refractivity (Wildman–Crippen MR) is 102 cm³/mol. The minimum atomic E-state index is -0.182. The molecule has 0 aliphatic heterocycles. The molecule has 0 aliphatic rings. The number of carbonyl (C=O) groups excluding carboxylic acids is 1. The zero-order chi connectivity index (χ0) is 18.2. The van der Waals surface area contributed by atoms with Gasteiger partial charge < -0.3 is 15.0 Å².